The van der Waals surface area contributed by atoms with Crippen molar-refractivity contribution in [3.63, 3.8) is 0 Å². The average molecular weight is 359 g/mol. The molecule has 9 heteroatoms. The van der Waals surface area contributed by atoms with E-state index in [0.29, 0.717) is 11.4 Å². The molecule has 0 saturated heterocycles. The van der Waals surface area contributed by atoms with E-state index in [4.69, 9.17) is 25.9 Å². The Labute approximate surface area is 138 Å². The lowest BCUT2D eigenvalue weighted by Crippen LogP contribution is -2.16. The molecule has 124 valence electrons. The fraction of sp³-hybridized carbons (Fsp3) is 0.214. The van der Waals surface area contributed by atoms with E-state index in [9.17, 15) is 13.2 Å². The summed E-state index contributed by atoms with van der Waals surface area (Å²) in [6, 6.07) is 5.88. The number of ether oxygens (including phenoxy) is 1. The van der Waals surface area contributed by atoms with Gasteiger partial charge < -0.3 is 14.5 Å². The molecule has 0 amide bonds. The van der Waals surface area contributed by atoms with E-state index >= 15 is 0 Å². The summed E-state index contributed by atoms with van der Waals surface area (Å²) in [5, 5.41) is 7.97. The number of furan rings is 1. The molecule has 3 N–H and O–H groups in total. The third-order valence-electron chi connectivity index (χ3n) is 2.91. The van der Waals surface area contributed by atoms with Crippen molar-refractivity contribution in [2.75, 3.05) is 11.9 Å². The average Bonchev–Trinajstić information content (AvgIpc) is 2.97. The quantitative estimate of drug-likeness (QED) is 0.767. The van der Waals surface area contributed by atoms with Crippen molar-refractivity contribution in [1.29, 1.82) is 0 Å². The van der Waals surface area contributed by atoms with Gasteiger partial charge in [0.1, 0.15) is 10.7 Å². The maximum Gasteiger partial charge on any atom is 0.340 e. The molecule has 0 radical (unpaired) electrons. The van der Waals surface area contributed by atoms with Gasteiger partial charge in [-0.2, -0.15) is 0 Å². The molecule has 0 fully saturated rings. The molecule has 1 heterocycles. The van der Waals surface area contributed by atoms with Crippen LogP contribution in [-0.2, 0) is 21.3 Å². The summed E-state index contributed by atoms with van der Waals surface area (Å²) in [7, 11) is -4.07. The highest BCUT2D eigenvalue weighted by Crippen LogP contribution is 2.29. The van der Waals surface area contributed by atoms with Gasteiger partial charge in [0.25, 0.3) is 0 Å². The van der Waals surface area contributed by atoms with Gasteiger partial charge in [-0.15, -0.1) is 0 Å². The molecule has 0 saturated carbocycles. The summed E-state index contributed by atoms with van der Waals surface area (Å²) in [5.74, 6) is -0.0533. The van der Waals surface area contributed by atoms with Crippen molar-refractivity contribution in [3.05, 3.63) is 46.9 Å². The summed E-state index contributed by atoms with van der Waals surface area (Å²) in [6.45, 7) is 2.07. The number of hydrogen-bond acceptors (Lipinski definition) is 6. The fourth-order valence-corrected chi connectivity index (χ4v) is 2.99. The van der Waals surface area contributed by atoms with Crippen LogP contribution in [0.4, 0.5) is 5.69 Å². The Hall–Kier alpha value is -2.03. The van der Waals surface area contributed by atoms with E-state index < -0.39 is 16.0 Å². The first kappa shape index (κ1) is 17.3. The minimum absolute atomic E-state index is 0.0202. The van der Waals surface area contributed by atoms with E-state index in [-0.39, 0.29) is 28.6 Å². The van der Waals surface area contributed by atoms with Crippen LogP contribution < -0.4 is 10.5 Å². The van der Waals surface area contributed by atoms with Crippen molar-refractivity contribution in [2.24, 2.45) is 5.14 Å². The Morgan fingerprint density at radius 2 is 2.17 bits per heavy atom. The molecule has 1 aromatic carbocycles. The first-order valence-electron chi connectivity index (χ1n) is 6.62. The van der Waals surface area contributed by atoms with Gasteiger partial charge in [0.2, 0.25) is 10.0 Å². The summed E-state index contributed by atoms with van der Waals surface area (Å²) >= 11 is 5.95. The molecule has 2 rings (SSSR count). The molecule has 0 unspecified atom stereocenters. The molecule has 7 nitrogen and oxygen atoms in total. The highest BCUT2D eigenvalue weighted by molar-refractivity contribution is 7.89. The number of nitrogens with one attached hydrogen (secondary N) is 1. The highest BCUT2D eigenvalue weighted by Gasteiger charge is 2.21. The number of sulfonamides is 1. The highest BCUT2D eigenvalue weighted by atomic mass is 35.5. The van der Waals surface area contributed by atoms with Crippen LogP contribution in [0.5, 0.6) is 0 Å². The van der Waals surface area contributed by atoms with E-state index in [2.05, 4.69) is 5.32 Å². The number of nitrogens with two attached hydrogens (primary N) is 1. The van der Waals surface area contributed by atoms with Crippen molar-refractivity contribution >= 4 is 33.3 Å². The van der Waals surface area contributed by atoms with E-state index in [1.165, 1.54) is 12.3 Å². The SMILES string of the molecule is CCOC(=O)c1cc(S(N)(=O)=O)c(Cl)cc1NCc1ccco1. The molecule has 0 aliphatic rings. The number of benzene rings is 1. The van der Waals surface area contributed by atoms with Gasteiger partial charge in [0.15, 0.2) is 0 Å². The lowest BCUT2D eigenvalue weighted by atomic mass is 10.1. The topological polar surface area (TPSA) is 112 Å². The van der Waals surface area contributed by atoms with Crippen LogP contribution in [0.25, 0.3) is 0 Å². The van der Waals surface area contributed by atoms with E-state index in [1.54, 1.807) is 19.1 Å². The molecular formula is C14H15ClN2O5S. The first-order valence-corrected chi connectivity index (χ1v) is 8.55. The van der Waals surface area contributed by atoms with Crippen LogP contribution in [-0.4, -0.2) is 21.0 Å². The molecule has 0 aliphatic heterocycles. The van der Waals surface area contributed by atoms with Crippen molar-refractivity contribution in [1.82, 2.24) is 0 Å². The zero-order chi connectivity index (χ0) is 17.0. The lowest BCUT2D eigenvalue weighted by molar-refractivity contribution is 0.0527. The van der Waals surface area contributed by atoms with Crippen LogP contribution in [0.15, 0.2) is 39.8 Å². The predicted molar refractivity (Wildman–Crippen MR) is 84.8 cm³/mol. The maximum absolute atomic E-state index is 12.1. The Morgan fingerprint density at radius 1 is 1.43 bits per heavy atom. The number of halogens is 1. The molecule has 0 atom stereocenters. The minimum atomic E-state index is -4.07. The summed E-state index contributed by atoms with van der Waals surface area (Å²) < 4.78 is 33.2. The van der Waals surface area contributed by atoms with Gasteiger partial charge in [-0.25, -0.2) is 18.4 Å². The zero-order valence-corrected chi connectivity index (χ0v) is 13.8. The Kier molecular flexibility index (Phi) is 5.30. The Morgan fingerprint density at radius 3 is 2.74 bits per heavy atom. The second kappa shape index (κ2) is 7.03. The van der Waals surface area contributed by atoms with Crippen molar-refractivity contribution < 1.29 is 22.4 Å². The Balaban J connectivity index is 2.42. The molecule has 23 heavy (non-hydrogen) atoms. The largest absolute Gasteiger partial charge is 0.467 e. The van der Waals surface area contributed by atoms with Gasteiger partial charge >= 0.3 is 5.97 Å². The fourth-order valence-electron chi connectivity index (χ4n) is 1.89. The second-order valence-electron chi connectivity index (χ2n) is 4.53. The van der Waals surface area contributed by atoms with E-state index in [1.807, 2.05) is 0 Å². The standard InChI is InChI=1S/C14H15ClN2O5S/c1-2-21-14(18)10-6-13(23(16,19)20)11(15)7-12(10)17-8-9-4-3-5-22-9/h3-7,17H,2,8H2,1H3,(H2,16,19,20). The normalized spacial score (nSPS) is 11.3. The predicted octanol–water partition coefficient (Wildman–Crippen LogP) is 2.37. The molecular weight excluding hydrogens is 344 g/mol. The summed E-state index contributed by atoms with van der Waals surface area (Å²) in [5.41, 5.74) is 0.337. The number of hydrogen-bond donors (Lipinski definition) is 2. The summed E-state index contributed by atoms with van der Waals surface area (Å²) in [4.78, 5) is 11.7. The number of carbonyl (C=O) groups is 1. The smallest absolute Gasteiger partial charge is 0.340 e. The molecule has 0 spiro atoms. The number of primary sulfonamides is 1. The maximum atomic E-state index is 12.1. The van der Waals surface area contributed by atoms with E-state index in [0.717, 1.165) is 6.07 Å². The van der Waals surface area contributed by atoms with Crippen LogP contribution in [0.3, 0.4) is 0 Å². The third kappa shape index (κ3) is 4.25. The molecule has 2 aromatic rings. The zero-order valence-electron chi connectivity index (χ0n) is 12.2. The van der Waals surface area contributed by atoms with Crippen LogP contribution >= 0.6 is 11.6 Å². The van der Waals surface area contributed by atoms with Gasteiger partial charge in [-0.1, -0.05) is 11.6 Å². The van der Waals surface area contributed by atoms with Gasteiger partial charge in [-0.3, -0.25) is 0 Å². The van der Waals surface area contributed by atoms with Crippen LogP contribution in [0, 0.1) is 0 Å². The molecule has 1 aromatic heterocycles. The number of rotatable bonds is 6. The van der Waals surface area contributed by atoms with Crippen molar-refractivity contribution in [2.45, 2.75) is 18.4 Å². The van der Waals surface area contributed by atoms with Gasteiger partial charge in [0.05, 0.1) is 35.7 Å². The number of carbonyl (C=O) groups excluding carboxylic acids is 1. The number of anilines is 1. The van der Waals surface area contributed by atoms with Gasteiger partial charge in [-0.05, 0) is 31.2 Å². The minimum Gasteiger partial charge on any atom is -0.467 e. The van der Waals surface area contributed by atoms with Crippen LogP contribution in [0.1, 0.15) is 23.0 Å². The van der Waals surface area contributed by atoms with Gasteiger partial charge in [0, 0.05) is 0 Å². The first-order chi connectivity index (χ1) is 10.8. The van der Waals surface area contributed by atoms with Crippen LogP contribution in [0.2, 0.25) is 5.02 Å². The monoisotopic (exact) mass is 358 g/mol. The second-order valence-corrected chi connectivity index (χ2v) is 6.46. The lowest BCUT2D eigenvalue weighted by Gasteiger charge is -2.13. The number of esters is 1. The molecule has 0 aliphatic carbocycles. The Bertz CT molecular complexity index is 803. The third-order valence-corrected chi connectivity index (χ3v) is 4.28. The van der Waals surface area contributed by atoms with Crippen molar-refractivity contribution in [3.8, 4) is 0 Å². The summed E-state index contributed by atoms with van der Waals surface area (Å²) in [6.07, 6.45) is 1.51. The molecule has 0 bridgehead atoms.